The van der Waals surface area contributed by atoms with Gasteiger partial charge in [0.05, 0.1) is 10.7 Å². The molecule has 1 aromatic heterocycles. The van der Waals surface area contributed by atoms with Crippen molar-refractivity contribution in [3.63, 3.8) is 0 Å². The zero-order valence-electron chi connectivity index (χ0n) is 11.6. The van der Waals surface area contributed by atoms with Crippen LogP contribution >= 0.6 is 27.5 Å². The summed E-state index contributed by atoms with van der Waals surface area (Å²) in [7, 11) is 5.35. The van der Waals surface area contributed by atoms with Crippen LogP contribution < -0.4 is 15.5 Å². The van der Waals surface area contributed by atoms with Crippen molar-refractivity contribution in [3.8, 4) is 0 Å². The van der Waals surface area contributed by atoms with E-state index >= 15 is 0 Å². The van der Waals surface area contributed by atoms with E-state index in [0.29, 0.717) is 28.0 Å². The molecule has 0 aliphatic carbocycles. The van der Waals surface area contributed by atoms with Crippen LogP contribution in [0.2, 0.25) is 5.02 Å². The Morgan fingerprint density at radius 2 is 1.86 bits per heavy atom. The van der Waals surface area contributed by atoms with Gasteiger partial charge in [-0.1, -0.05) is 11.6 Å². The highest BCUT2D eigenvalue weighted by Gasteiger charge is 2.12. The van der Waals surface area contributed by atoms with Crippen LogP contribution in [0.1, 0.15) is 0 Å². The van der Waals surface area contributed by atoms with Crippen LogP contribution in [0, 0.1) is 5.82 Å². The van der Waals surface area contributed by atoms with Crippen molar-refractivity contribution in [3.05, 3.63) is 27.4 Å². The lowest BCUT2D eigenvalue weighted by molar-refractivity contribution is 0.627. The van der Waals surface area contributed by atoms with Crippen LogP contribution in [0.5, 0.6) is 0 Å². The van der Waals surface area contributed by atoms with Gasteiger partial charge >= 0.3 is 0 Å². The summed E-state index contributed by atoms with van der Waals surface area (Å²) in [6.45, 7) is 0. The Balaban J connectivity index is 2.42. The van der Waals surface area contributed by atoms with Crippen molar-refractivity contribution in [1.29, 1.82) is 0 Å². The molecule has 0 atom stereocenters. The summed E-state index contributed by atoms with van der Waals surface area (Å²) in [5, 5.41) is 6.04. The standard InChI is InChI=1S/C12H13BrClFN6/c1-16-10-18-11(20-12(19-10)21(2)3)17-9-7(13)4-6(15)5-8(9)14/h4-5H,1-3H3,(H2,16,17,18,19,20). The van der Waals surface area contributed by atoms with E-state index in [-0.39, 0.29) is 5.02 Å². The van der Waals surface area contributed by atoms with Crippen LogP contribution in [0.25, 0.3) is 0 Å². The third-order valence-corrected chi connectivity index (χ3v) is 3.41. The van der Waals surface area contributed by atoms with Crippen molar-refractivity contribution < 1.29 is 4.39 Å². The van der Waals surface area contributed by atoms with Gasteiger partial charge in [-0.15, -0.1) is 0 Å². The first-order chi connectivity index (χ1) is 9.90. The monoisotopic (exact) mass is 374 g/mol. The fraction of sp³-hybridized carbons (Fsp3) is 0.250. The van der Waals surface area contributed by atoms with Crippen LogP contribution in [0.3, 0.4) is 0 Å². The number of nitrogens with one attached hydrogen (secondary N) is 2. The van der Waals surface area contributed by atoms with Gasteiger partial charge in [0.25, 0.3) is 0 Å². The van der Waals surface area contributed by atoms with E-state index in [1.165, 1.54) is 12.1 Å². The fourth-order valence-electron chi connectivity index (χ4n) is 1.51. The predicted octanol–water partition coefficient (Wildman–Crippen LogP) is 3.28. The molecule has 2 N–H and O–H groups in total. The molecule has 2 rings (SSSR count). The van der Waals surface area contributed by atoms with Gasteiger partial charge in [0, 0.05) is 25.6 Å². The number of anilines is 4. The van der Waals surface area contributed by atoms with E-state index in [2.05, 4.69) is 41.5 Å². The summed E-state index contributed by atoms with van der Waals surface area (Å²) in [5.74, 6) is 0.752. The smallest absolute Gasteiger partial charge is 0.233 e. The molecule has 0 amide bonds. The molecule has 0 saturated carbocycles. The minimum atomic E-state index is -0.432. The third kappa shape index (κ3) is 3.70. The maximum Gasteiger partial charge on any atom is 0.233 e. The van der Waals surface area contributed by atoms with E-state index in [1.807, 2.05) is 14.1 Å². The van der Waals surface area contributed by atoms with Crippen molar-refractivity contribution >= 4 is 51.1 Å². The number of benzene rings is 1. The molecule has 0 bridgehead atoms. The normalized spacial score (nSPS) is 10.4. The number of halogens is 3. The van der Waals surface area contributed by atoms with Crippen molar-refractivity contribution in [2.75, 3.05) is 36.7 Å². The van der Waals surface area contributed by atoms with Gasteiger partial charge in [-0.2, -0.15) is 15.0 Å². The van der Waals surface area contributed by atoms with E-state index in [4.69, 9.17) is 11.6 Å². The number of aromatic nitrogens is 3. The Hall–Kier alpha value is -1.67. The highest BCUT2D eigenvalue weighted by atomic mass is 79.9. The molecular weight excluding hydrogens is 363 g/mol. The van der Waals surface area contributed by atoms with Crippen LogP contribution in [0.4, 0.5) is 27.9 Å². The van der Waals surface area contributed by atoms with Gasteiger partial charge in [-0.3, -0.25) is 0 Å². The largest absolute Gasteiger partial charge is 0.357 e. The lowest BCUT2D eigenvalue weighted by atomic mass is 10.3. The average molecular weight is 376 g/mol. The molecule has 0 saturated heterocycles. The molecule has 2 aromatic rings. The highest BCUT2D eigenvalue weighted by Crippen LogP contribution is 2.33. The molecule has 9 heteroatoms. The molecule has 21 heavy (non-hydrogen) atoms. The van der Waals surface area contributed by atoms with Gasteiger partial charge < -0.3 is 15.5 Å². The maximum atomic E-state index is 13.2. The average Bonchev–Trinajstić information content (AvgIpc) is 2.42. The molecule has 0 aliphatic rings. The Kier molecular flexibility index (Phi) is 4.79. The van der Waals surface area contributed by atoms with E-state index in [1.54, 1.807) is 11.9 Å². The zero-order chi connectivity index (χ0) is 15.6. The molecule has 0 unspecified atom stereocenters. The molecule has 0 fully saturated rings. The van der Waals surface area contributed by atoms with Gasteiger partial charge in [0.15, 0.2) is 0 Å². The zero-order valence-corrected chi connectivity index (χ0v) is 13.9. The Morgan fingerprint density at radius 1 is 1.19 bits per heavy atom. The summed E-state index contributed by atoms with van der Waals surface area (Å²) in [4.78, 5) is 14.4. The van der Waals surface area contributed by atoms with Gasteiger partial charge in [0.2, 0.25) is 17.8 Å². The Labute approximate surface area is 134 Å². The van der Waals surface area contributed by atoms with Crippen LogP contribution in [0.15, 0.2) is 16.6 Å². The Bertz CT molecular complexity index is 643. The van der Waals surface area contributed by atoms with Crippen molar-refractivity contribution in [2.45, 2.75) is 0 Å². The molecule has 0 radical (unpaired) electrons. The van der Waals surface area contributed by atoms with E-state index < -0.39 is 5.82 Å². The molecule has 0 aliphatic heterocycles. The first-order valence-electron chi connectivity index (χ1n) is 5.93. The van der Waals surface area contributed by atoms with Crippen LogP contribution in [-0.4, -0.2) is 36.1 Å². The second-order valence-corrected chi connectivity index (χ2v) is 5.56. The SMILES string of the molecule is CNc1nc(Nc2c(Cl)cc(F)cc2Br)nc(N(C)C)n1. The molecule has 112 valence electrons. The third-order valence-electron chi connectivity index (χ3n) is 2.49. The minimum absolute atomic E-state index is 0.222. The minimum Gasteiger partial charge on any atom is -0.357 e. The molecule has 6 nitrogen and oxygen atoms in total. The second kappa shape index (κ2) is 6.40. The first kappa shape index (κ1) is 15.7. The number of hydrogen-bond acceptors (Lipinski definition) is 6. The lowest BCUT2D eigenvalue weighted by Gasteiger charge is -2.14. The van der Waals surface area contributed by atoms with Crippen LogP contribution in [-0.2, 0) is 0 Å². The number of nitrogens with zero attached hydrogens (tertiary/aromatic N) is 4. The second-order valence-electron chi connectivity index (χ2n) is 4.30. The Morgan fingerprint density at radius 3 is 2.43 bits per heavy atom. The number of hydrogen-bond donors (Lipinski definition) is 2. The molecule has 1 heterocycles. The molecule has 1 aromatic carbocycles. The quantitative estimate of drug-likeness (QED) is 0.855. The number of rotatable bonds is 4. The first-order valence-corrected chi connectivity index (χ1v) is 7.10. The summed E-state index contributed by atoms with van der Waals surface area (Å²) in [6.07, 6.45) is 0. The van der Waals surface area contributed by atoms with E-state index in [9.17, 15) is 4.39 Å². The molecule has 0 spiro atoms. The molecular formula is C12H13BrClFN6. The van der Waals surface area contributed by atoms with Crippen molar-refractivity contribution in [1.82, 2.24) is 15.0 Å². The fourth-order valence-corrected chi connectivity index (χ4v) is 2.40. The summed E-state index contributed by atoms with van der Waals surface area (Å²) < 4.78 is 13.7. The predicted molar refractivity (Wildman–Crippen MR) is 86.1 cm³/mol. The van der Waals surface area contributed by atoms with Gasteiger partial charge in [-0.05, 0) is 28.1 Å². The highest BCUT2D eigenvalue weighted by molar-refractivity contribution is 9.10. The lowest BCUT2D eigenvalue weighted by Crippen LogP contribution is -2.15. The van der Waals surface area contributed by atoms with Crippen molar-refractivity contribution in [2.24, 2.45) is 0 Å². The topological polar surface area (TPSA) is 66.0 Å². The summed E-state index contributed by atoms with van der Waals surface area (Å²) in [6, 6.07) is 2.52. The maximum absolute atomic E-state index is 13.2. The van der Waals surface area contributed by atoms with Gasteiger partial charge in [-0.25, -0.2) is 4.39 Å². The van der Waals surface area contributed by atoms with E-state index in [0.717, 1.165) is 0 Å². The summed E-state index contributed by atoms with van der Waals surface area (Å²) >= 11 is 9.29. The van der Waals surface area contributed by atoms with Gasteiger partial charge in [0.1, 0.15) is 5.82 Å². The summed E-state index contributed by atoms with van der Waals surface area (Å²) in [5.41, 5.74) is 0.482.